The minimum atomic E-state index is -0.0997. The highest BCUT2D eigenvalue weighted by molar-refractivity contribution is 5.44. The Bertz CT molecular complexity index is 825. The van der Waals surface area contributed by atoms with Gasteiger partial charge in [-0.3, -0.25) is 4.90 Å². The van der Waals surface area contributed by atoms with E-state index >= 15 is 0 Å². The molecule has 4 heterocycles. The molecule has 1 aliphatic rings. The first-order chi connectivity index (χ1) is 12.2. The lowest BCUT2D eigenvalue weighted by Crippen LogP contribution is -2.35. The average molecular weight is 344 g/mol. The normalized spacial score (nSPS) is 18.7. The fourth-order valence-corrected chi connectivity index (χ4v) is 3.29. The van der Waals surface area contributed by atoms with Crippen molar-refractivity contribution in [1.29, 1.82) is 0 Å². The summed E-state index contributed by atoms with van der Waals surface area (Å²) in [5, 5.41) is 21.6. The van der Waals surface area contributed by atoms with E-state index in [0.29, 0.717) is 29.8 Å². The number of aromatic nitrogens is 5. The van der Waals surface area contributed by atoms with Crippen molar-refractivity contribution in [3.63, 3.8) is 0 Å². The number of piperidine rings is 1. The van der Waals surface area contributed by atoms with Gasteiger partial charge in [0.05, 0.1) is 12.8 Å². The molecule has 9 heteroatoms. The lowest BCUT2D eigenvalue weighted by atomic mass is 9.97. The van der Waals surface area contributed by atoms with Crippen LogP contribution in [-0.2, 0) is 20.2 Å². The van der Waals surface area contributed by atoms with Crippen molar-refractivity contribution in [1.82, 2.24) is 29.8 Å². The lowest BCUT2D eigenvalue weighted by molar-refractivity contribution is 0.173. The van der Waals surface area contributed by atoms with Crippen LogP contribution in [0.1, 0.15) is 36.3 Å². The largest absolute Gasteiger partial charge is 0.461 e. The molecule has 0 aliphatic carbocycles. The summed E-state index contributed by atoms with van der Waals surface area (Å²) in [6, 6.07) is 3.60. The molecule has 9 nitrogen and oxygen atoms in total. The molecular formula is C16H20N6O3. The predicted molar refractivity (Wildman–Crippen MR) is 86.2 cm³/mol. The summed E-state index contributed by atoms with van der Waals surface area (Å²) in [4.78, 5) is 6.68. The summed E-state index contributed by atoms with van der Waals surface area (Å²) >= 11 is 0. The Morgan fingerprint density at radius 2 is 2.28 bits per heavy atom. The van der Waals surface area contributed by atoms with Gasteiger partial charge in [0.2, 0.25) is 11.7 Å². The van der Waals surface area contributed by atoms with Crippen LogP contribution in [0, 0.1) is 0 Å². The summed E-state index contributed by atoms with van der Waals surface area (Å²) in [5.74, 6) is 3.42. The summed E-state index contributed by atoms with van der Waals surface area (Å²) in [7, 11) is 1.90. The number of aliphatic hydroxyl groups is 1. The molecule has 3 aromatic heterocycles. The molecule has 0 spiro atoms. The lowest BCUT2D eigenvalue weighted by Gasteiger charge is -2.31. The van der Waals surface area contributed by atoms with Crippen LogP contribution in [-0.4, -0.2) is 48.0 Å². The predicted octanol–water partition coefficient (Wildman–Crippen LogP) is 1.33. The Morgan fingerprint density at radius 1 is 1.36 bits per heavy atom. The SMILES string of the molecule is Cn1c(CO)nnc1[C@@H]1CCCN(Cc2nc(-c3ccco3)no2)C1. The van der Waals surface area contributed by atoms with E-state index in [1.807, 2.05) is 11.6 Å². The monoisotopic (exact) mass is 344 g/mol. The van der Waals surface area contributed by atoms with E-state index in [1.54, 1.807) is 18.4 Å². The van der Waals surface area contributed by atoms with Crippen molar-refractivity contribution < 1.29 is 14.0 Å². The molecule has 0 radical (unpaired) electrons. The highest BCUT2D eigenvalue weighted by atomic mass is 16.5. The van der Waals surface area contributed by atoms with Crippen LogP contribution in [0.2, 0.25) is 0 Å². The minimum absolute atomic E-state index is 0.0997. The molecule has 0 saturated carbocycles. The Kier molecular flexibility index (Phi) is 4.33. The molecule has 132 valence electrons. The van der Waals surface area contributed by atoms with Crippen molar-refractivity contribution >= 4 is 0 Å². The highest BCUT2D eigenvalue weighted by Gasteiger charge is 2.27. The molecule has 4 rings (SSSR count). The fraction of sp³-hybridized carbons (Fsp3) is 0.500. The average Bonchev–Trinajstić information content (AvgIpc) is 3.35. The molecule has 1 fully saturated rings. The van der Waals surface area contributed by atoms with Crippen molar-refractivity contribution in [2.75, 3.05) is 13.1 Å². The van der Waals surface area contributed by atoms with Gasteiger partial charge in [-0.25, -0.2) is 0 Å². The number of likely N-dealkylation sites (tertiary alicyclic amines) is 1. The van der Waals surface area contributed by atoms with E-state index in [-0.39, 0.29) is 12.5 Å². The zero-order chi connectivity index (χ0) is 17.2. The quantitative estimate of drug-likeness (QED) is 0.739. The molecule has 0 amide bonds. The minimum Gasteiger partial charge on any atom is -0.461 e. The molecule has 0 aromatic carbocycles. The van der Waals surface area contributed by atoms with Crippen LogP contribution in [0.25, 0.3) is 11.6 Å². The number of rotatable bonds is 5. The van der Waals surface area contributed by atoms with E-state index < -0.39 is 0 Å². The summed E-state index contributed by atoms with van der Waals surface area (Å²) < 4.78 is 12.5. The second-order valence-corrected chi connectivity index (χ2v) is 6.25. The van der Waals surface area contributed by atoms with Crippen LogP contribution in [0.15, 0.2) is 27.3 Å². The Morgan fingerprint density at radius 3 is 3.04 bits per heavy atom. The molecule has 1 aliphatic heterocycles. The van der Waals surface area contributed by atoms with Gasteiger partial charge in [0.25, 0.3) is 0 Å². The van der Waals surface area contributed by atoms with E-state index in [9.17, 15) is 5.11 Å². The zero-order valence-corrected chi connectivity index (χ0v) is 14.0. The smallest absolute Gasteiger partial charge is 0.241 e. The zero-order valence-electron chi connectivity index (χ0n) is 14.0. The summed E-state index contributed by atoms with van der Waals surface area (Å²) in [6.07, 6.45) is 3.70. The number of furan rings is 1. The van der Waals surface area contributed by atoms with Gasteiger partial charge < -0.3 is 18.6 Å². The molecule has 0 unspecified atom stereocenters. The van der Waals surface area contributed by atoms with Crippen molar-refractivity contribution in [3.05, 3.63) is 35.9 Å². The Balaban J connectivity index is 1.44. The fourth-order valence-electron chi connectivity index (χ4n) is 3.29. The van der Waals surface area contributed by atoms with Crippen LogP contribution >= 0.6 is 0 Å². The molecule has 25 heavy (non-hydrogen) atoms. The maximum absolute atomic E-state index is 9.29. The van der Waals surface area contributed by atoms with Gasteiger partial charge in [-0.05, 0) is 31.5 Å². The van der Waals surface area contributed by atoms with Crippen LogP contribution < -0.4 is 0 Å². The Hall–Kier alpha value is -2.52. The number of hydrogen-bond donors (Lipinski definition) is 1. The van der Waals surface area contributed by atoms with E-state index in [1.165, 1.54) is 0 Å². The molecule has 1 atom stereocenters. The van der Waals surface area contributed by atoms with Gasteiger partial charge in [-0.1, -0.05) is 5.16 Å². The maximum atomic E-state index is 9.29. The molecule has 1 N–H and O–H groups in total. The first-order valence-electron chi connectivity index (χ1n) is 8.32. The first kappa shape index (κ1) is 16.0. The molecule has 3 aromatic rings. The van der Waals surface area contributed by atoms with Crippen molar-refractivity contribution in [3.8, 4) is 11.6 Å². The standard InChI is InChI=1S/C16H20N6O3/c1-21-13(10-23)18-19-16(21)11-4-2-6-22(8-11)9-14-17-15(20-25-14)12-5-3-7-24-12/h3,5,7,11,23H,2,4,6,8-10H2,1H3/t11-/m1/s1. The highest BCUT2D eigenvalue weighted by Crippen LogP contribution is 2.27. The van der Waals surface area contributed by atoms with E-state index in [0.717, 1.165) is 31.8 Å². The van der Waals surface area contributed by atoms with Crippen LogP contribution in [0.4, 0.5) is 0 Å². The van der Waals surface area contributed by atoms with Gasteiger partial charge in [-0.15, -0.1) is 10.2 Å². The topological polar surface area (TPSA) is 106 Å². The van der Waals surface area contributed by atoms with Crippen LogP contribution in [0.5, 0.6) is 0 Å². The summed E-state index contributed by atoms with van der Waals surface area (Å²) in [6.45, 7) is 2.31. The Labute approximate surface area is 144 Å². The number of hydrogen-bond acceptors (Lipinski definition) is 8. The molecule has 1 saturated heterocycles. The maximum Gasteiger partial charge on any atom is 0.241 e. The second-order valence-electron chi connectivity index (χ2n) is 6.25. The first-order valence-corrected chi connectivity index (χ1v) is 8.32. The molecular weight excluding hydrogens is 324 g/mol. The van der Waals surface area contributed by atoms with Gasteiger partial charge in [0, 0.05) is 19.5 Å². The van der Waals surface area contributed by atoms with Gasteiger partial charge in [0.1, 0.15) is 12.4 Å². The third-order valence-corrected chi connectivity index (χ3v) is 4.58. The van der Waals surface area contributed by atoms with Gasteiger partial charge >= 0.3 is 0 Å². The van der Waals surface area contributed by atoms with Crippen LogP contribution in [0.3, 0.4) is 0 Å². The van der Waals surface area contributed by atoms with Crippen molar-refractivity contribution in [2.24, 2.45) is 7.05 Å². The van der Waals surface area contributed by atoms with Gasteiger partial charge in [-0.2, -0.15) is 4.98 Å². The third kappa shape index (κ3) is 3.20. The third-order valence-electron chi connectivity index (χ3n) is 4.58. The van der Waals surface area contributed by atoms with E-state index in [2.05, 4.69) is 25.2 Å². The molecule has 0 bridgehead atoms. The van der Waals surface area contributed by atoms with Crippen molar-refractivity contribution in [2.45, 2.75) is 31.9 Å². The number of nitrogens with zero attached hydrogens (tertiary/aromatic N) is 6. The second kappa shape index (κ2) is 6.77. The number of aliphatic hydroxyl groups excluding tert-OH is 1. The van der Waals surface area contributed by atoms with E-state index in [4.69, 9.17) is 8.94 Å². The summed E-state index contributed by atoms with van der Waals surface area (Å²) in [5.41, 5.74) is 0. The van der Waals surface area contributed by atoms with Gasteiger partial charge in [0.15, 0.2) is 11.6 Å².